The minimum atomic E-state index is -0.338. The number of aryl methyl sites for hydroxylation is 2. The number of thiophene rings is 1. The van der Waals surface area contributed by atoms with Gasteiger partial charge in [-0.3, -0.25) is 14.2 Å². The van der Waals surface area contributed by atoms with Gasteiger partial charge in [-0.2, -0.15) is 0 Å². The molecule has 4 rings (SSSR count). The highest BCUT2D eigenvalue weighted by Gasteiger charge is 2.24. The van der Waals surface area contributed by atoms with Crippen molar-refractivity contribution in [2.75, 3.05) is 27.2 Å². The Kier molecular flexibility index (Phi) is 8.45. The summed E-state index contributed by atoms with van der Waals surface area (Å²) < 4.78 is 1.81. The number of hydrogen-bond acceptors (Lipinski definition) is 6. The van der Waals surface area contributed by atoms with Crippen LogP contribution in [0.25, 0.3) is 10.2 Å². The van der Waals surface area contributed by atoms with Gasteiger partial charge in [0.2, 0.25) is 5.91 Å². The van der Waals surface area contributed by atoms with E-state index in [1.807, 2.05) is 43.8 Å². The van der Waals surface area contributed by atoms with Crippen LogP contribution >= 0.6 is 23.1 Å². The smallest absolute Gasteiger partial charge is 0.263 e. The molecule has 1 atom stereocenters. The van der Waals surface area contributed by atoms with E-state index >= 15 is 0 Å². The van der Waals surface area contributed by atoms with Gasteiger partial charge in [0.1, 0.15) is 4.83 Å². The topological polar surface area (TPSA) is 67.2 Å². The van der Waals surface area contributed by atoms with Gasteiger partial charge in [0.25, 0.3) is 5.56 Å². The van der Waals surface area contributed by atoms with Crippen molar-refractivity contribution in [2.24, 2.45) is 0 Å². The van der Waals surface area contributed by atoms with Gasteiger partial charge in [0.05, 0.1) is 10.6 Å². The lowest BCUT2D eigenvalue weighted by atomic mass is 9.97. The first kappa shape index (κ1) is 24.9. The van der Waals surface area contributed by atoms with E-state index in [4.69, 9.17) is 4.98 Å². The molecule has 0 spiro atoms. The highest BCUT2D eigenvalue weighted by Crippen LogP contribution is 2.35. The summed E-state index contributed by atoms with van der Waals surface area (Å²) in [4.78, 5) is 35.7. The number of amides is 1. The highest BCUT2D eigenvalue weighted by molar-refractivity contribution is 8.00. The normalized spacial score (nSPS) is 14.4. The number of rotatable bonds is 10. The first-order chi connectivity index (χ1) is 16.4. The molecule has 0 saturated heterocycles. The number of carbonyl (C=O) groups excluding carboxylic acids is 1. The van der Waals surface area contributed by atoms with E-state index in [1.54, 1.807) is 11.3 Å². The second kappa shape index (κ2) is 11.5. The molecule has 0 radical (unpaired) electrons. The van der Waals surface area contributed by atoms with Crippen molar-refractivity contribution in [1.29, 1.82) is 0 Å². The first-order valence-corrected chi connectivity index (χ1v) is 13.8. The van der Waals surface area contributed by atoms with Gasteiger partial charge in [0, 0.05) is 18.0 Å². The van der Waals surface area contributed by atoms with Crippen LogP contribution in [-0.4, -0.2) is 52.8 Å². The predicted octanol–water partition coefficient (Wildman–Crippen LogP) is 4.13. The maximum atomic E-state index is 13.6. The van der Waals surface area contributed by atoms with Crippen molar-refractivity contribution in [3.05, 3.63) is 56.7 Å². The number of fused-ring (bicyclic) bond motifs is 3. The molecule has 6 nitrogen and oxygen atoms in total. The van der Waals surface area contributed by atoms with Crippen LogP contribution in [0.5, 0.6) is 0 Å². The van der Waals surface area contributed by atoms with Crippen molar-refractivity contribution in [1.82, 2.24) is 19.8 Å². The third kappa shape index (κ3) is 5.90. The lowest BCUT2D eigenvalue weighted by Gasteiger charge is -2.17. The highest BCUT2D eigenvalue weighted by atomic mass is 32.2. The number of nitrogens with zero attached hydrogens (tertiary/aromatic N) is 3. The van der Waals surface area contributed by atoms with Gasteiger partial charge in [-0.15, -0.1) is 11.3 Å². The molecule has 34 heavy (non-hydrogen) atoms. The summed E-state index contributed by atoms with van der Waals surface area (Å²) in [5.74, 6) is -0.0272. The Labute approximate surface area is 209 Å². The summed E-state index contributed by atoms with van der Waals surface area (Å²) in [6, 6.07) is 10.1. The van der Waals surface area contributed by atoms with Gasteiger partial charge >= 0.3 is 0 Å². The van der Waals surface area contributed by atoms with Crippen LogP contribution < -0.4 is 10.9 Å². The Morgan fingerprint density at radius 3 is 2.76 bits per heavy atom. The number of thioether (sulfide) groups is 1. The van der Waals surface area contributed by atoms with Crippen molar-refractivity contribution in [2.45, 2.75) is 62.4 Å². The Balaban J connectivity index is 1.53. The maximum absolute atomic E-state index is 13.6. The first-order valence-electron chi connectivity index (χ1n) is 12.1. The number of aromatic nitrogens is 2. The lowest BCUT2D eigenvalue weighted by Crippen LogP contribution is -2.33. The standard InChI is InChI=1S/C26H34N4O2S2/c1-18(23(31)27-15-14-19-10-5-4-6-11-19)33-26-28-24-22(20-12-7-8-13-21(20)34-24)25(32)30(26)17-9-16-29(2)3/h4-6,10-11,18H,7-9,12-17H2,1-3H3,(H,27,31). The zero-order valence-corrected chi connectivity index (χ0v) is 21.9. The van der Waals surface area contributed by atoms with Gasteiger partial charge in [-0.1, -0.05) is 42.1 Å². The van der Waals surface area contributed by atoms with Gasteiger partial charge < -0.3 is 10.2 Å². The fourth-order valence-corrected chi connectivity index (χ4v) is 6.64. The fourth-order valence-electron chi connectivity index (χ4n) is 4.38. The Hall–Kier alpha value is -2.16. The number of hydrogen-bond donors (Lipinski definition) is 1. The summed E-state index contributed by atoms with van der Waals surface area (Å²) in [6.45, 7) is 3.98. The predicted molar refractivity (Wildman–Crippen MR) is 142 cm³/mol. The lowest BCUT2D eigenvalue weighted by molar-refractivity contribution is -0.120. The molecule has 0 saturated carbocycles. The van der Waals surface area contributed by atoms with E-state index in [9.17, 15) is 9.59 Å². The molecule has 1 N–H and O–H groups in total. The molecule has 1 amide bonds. The zero-order chi connectivity index (χ0) is 24.1. The average molecular weight is 499 g/mol. The number of nitrogens with one attached hydrogen (secondary N) is 1. The quantitative estimate of drug-likeness (QED) is 0.336. The molecule has 182 valence electrons. The minimum Gasteiger partial charge on any atom is -0.355 e. The molecule has 0 fully saturated rings. The third-order valence-corrected chi connectivity index (χ3v) is 8.51. The van der Waals surface area contributed by atoms with E-state index in [-0.39, 0.29) is 16.7 Å². The monoisotopic (exact) mass is 498 g/mol. The van der Waals surface area contributed by atoms with Crippen LogP contribution in [0.1, 0.15) is 42.2 Å². The molecular formula is C26H34N4O2S2. The SMILES string of the molecule is CC(Sc1nc2sc3c(c2c(=O)n1CCCN(C)C)CCCC3)C(=O)NCCc1ccccc1. The van der Waals surface area contributed by atoms with Gasteiger partial charge in [-0.05, 0) is 77.2 Å². The number of benzene rings is 1. The van der Waals surface area contributed by atoms with Gasteiger partial charge in [0.15, 0.2) is 5.16 Å². The number of carbonyl (C=O) groups is 1. The van der Waals surface area contributed by atoms with Crippen molar-refractivity contribution < 1.29 is 4.79 Å². The maximum Gasteiger partial charge on any atom is 0.263 e. The molecule has 1 aliphatic rings. The van der Waals surface area contributed by atoms with Gasteiger partial charge in [-0.25, -0.2) is 4.98 Å². The van der Waals surface area contributed by atoms with Crippen molar-refractivity contribution >= 4 is 39.2 Å². The summed E-state index contributed by atoms with van der Waals surface area (Å²) in [5, 5.41) is 4.17. The van der Waals surface area contributed by atoms with Crippen LogP contribution in [0.3, 0.4) is 0 Å². The van der Waals surface area contributed by atoms with Crippen molar-refractivity contribution in [3.63, 3.8) is 0 Å². The Morgan fingerprint density at radius 2 is 2.00 bits per heavy atom. The molecule has 8 heteroatoms. The Bertz CT molecular complexity index is 1190. The molecule has 1 unspecified atom stereocenters. The zero-order valence-electron chi connectivity index (χ0n) is 20.3. The molecule has 1 aromatic carbocycles. The van der Waals surface area contributed by atoms with Crippen molar-refractivity contribution in [3.8, 4) is 0 Å². The van der Waals surface area contributed by atoms with E-state index in [0.29, 0.717) is 18.2 Å². The molecule has 2 aromatic heterocycles. The molecule has 3 aromatic rings. The average Bonchev–Trinajstić information content (AvgIpc) is 3.20. The summed E-state index contributed by atoms with van der Waals surface area (Å²) in [6.07, 6.45) is 5.98. The Morgan fingerprint density at radius 1 is 1.24 bits per heavy atom. The second-order valence-corrected chi connectivity index (χ2v) is 11.6. The largest absolute Gasteiger partial charge is 0.355 e. The summed E-state index contributed by atoms with van der Waals surface area (Å²) in [5.41, 5.74) is 2.47. The molecule has 1 aliphatic carbocycles. The summed E-state index contributed by atoms with van der Waals surface area (Å²) >= 11 is 3.06. The molecule has 0 aliphatic heterocycles. The van der Waals surface area contributed by atoms with E-state index in [0.717, 1.165) is 48.9 Å². The second-order valence-electron chi connectivity index (χ2n) is 9.19. The molecular weight excluding hydrogens is 464 g/mol. The summed E-state index contributed by atoms with van der Waals surface area (Å²) in [7, 11) is 4.08. The fraction of sp³-hybridized carbons (Fsp3) is 0.500. The minimum absolute atomic E-state index is 0.0272. The van der Waals surface area contributed by atoms with Crippen LogP contribution in [0.15, 0.2) is 40.3 Å². The van der Waals surface area contributed by atoms with Crippen LogP contribution in [-0.2, 0) is 30.6 Å². The van der Waals surface area contributed by atoms with E-state index in [1.165, 1.54) is 34.2 Å². The molecule has 2 heterocycles. The molecule has 0 bridgehead atoms. The van der Waals surface area contributed by atoms with Crippen LogP contribution in [0, 0.1) is 0 Å². The van der Waals surface area contributed by atoms with Crippen LogP contribution in [0.2, 0.25) is 0 Å². The third-order valence-electron chi connectivity index (χ3n) is 6.23. The van der Waals surface area contributed by atoms with Crippen LogP contribution in [0.4, 0.5) is 0 Å². The van der Waals surface area contributed by atoms with E-state index in [2.05, 4.69) is 22.3 Å². The van der Waals surface area contributed by atoms with E-state index < -0.39 is 0 Å².